The van der Waals surface area contributed by atoms with Crippen LogP contribution in [0.2, 0.25) is 0 Å². The van der Waals surface area contributed by atoms with Gasteiger partial charge in [0.1, 0.15) is 0 Å². The summed E-state index contributed by atoms with van der Waals surface area (Å²) in [5.74, 6) is 10.2. The summed E-state index contributed by atoms with van der Waals surface area (Å²) in [5.41, 5.74) is 0. The van der Waals surface area contributed by atoms with Crippen molar-refractivity contribution in [3.63, 3.8) is 0 Å². The van der Waals surface area contributed by atoms with Crippen molar-refractivity contribution in [2.24, 2.45) is 65.1 Å². The summed E-state index contributed by atoms with van der Waals surface area (Å²) in [5, 5.41) is 0. The molecule has 0 aliphatic carbocycles. The van der Waals surface area contributed by atoms with E-state index in [9.17, 15) is 0 Å². The number of hydrogen-bond acceptors (Lipinski definition) is 6. The van der Waals surface area contributed by atoms with Gasteiger partial charge in [-0.05, 0) is 228 Å². The van der Waals surface area contributed by atoms with Crippen LogP contribution in [0.1, 0.15) is 181 Å². The molecule has 368 valence electrons. The lowest BCUT2D eigenvalue weighted by Crippen LogP contribution is -2.47. The molecule has 0 aromatic heterocycles. The Morgan fingerprint density at radius 1 is 0.452 bits per heavy atom. The predicted octanol–water partition coefficient (Wildman–Crippen LogP) is 12.3. The molecular weight excluding hydrogens is 757 g/mol. The molecule has 6 heterocycles. The first kappa shape index (κ1) is 56.1. The summed E-state index contributed by atoms with van der Waals surface area (Å²) < 4.78 is 0. The molecule has 0 amide bonds. The van der Waals surface area contributed by atoms with E-state index in [1.54, 1.807) is 0 Å². The Labute approximate surface area is 390 Å². The standard InChI is InChI=1S/C19H38N2.C18H36N2.C17H34N2.C2H6/c1-6-17(5)21-12-9-19(16(4)13-21)14-20-10-7-18(8-11-20)15(2)3;1-5-17-6-10-19(11-7-17)12-8-18-9-13-20(15(2)3)14-16(18)4;1-5-18-9-8-17(15(4)12-18)13-19-10-6-16(7-11-19)14(2)3;1-2/h15-19H,6-14H2,1-5H3;15-18H,5-14H2,1-4H3;14-17H,5-13H2,1-4H3;1-2H3/t16-,17?,19+;16-,18-;15-,17-;/m111./s1. The van der Waals surface area contributed by atoms with Crippen LogP contribution in [0, 0.1) is 65.1 Å². The SMILES string of the molecule is CC.CCC(C)N1CC[C@@H](CN2CCC(C(C)C)CC2)[C@H](C)C1.CCC1CCN(CC[C@@H]2CCN(C(C)C)C[C@H]2C)CC1.CCN1CC[C@H](CN2CCC(C(C)C)CC2)[C@H](C)C1. The van der Waals surface area contributed by atoms with E-state index in [2.05, 4.69) is 119 Å². The van der Waals surface area contributed by atoms with Crippen LogP contribution < -0.4 is 0 Å². The molecule has 1 unspecified atom stereocenters. The van der Waals surface area contributed by atoms with Crippen molar-refractivity contribution in [1.82, 2.24) is 29.4 Å². The van der Waals surface area contributed by atoms with E-state index < -0.39 is 0 Å². The summed E-state index contributed by atoms with van der Waals surface area (Å²) in [6.45, 7) is 56.4. The highest BCUT2D eigenvalue weighted by Gasteiger charge is 2.32. The molecule has 0 spiro atoms. The Morgan fingerprint density at radius 2 is 0.871 bits per heavy atom. The third kappa shape index (κ3) is 19.2. The summed E-state index contributed by atoms with van der Waals surface area (Å²) in [7, 11) is 0. The van der Waals surface area contributed by atoms with Gasteiger partial charge in [-0.3, -0.25) is 0 Å². The van der Waals surface area contributed by atoms with E-state index in [0.29, 0.717) is 0 Å². The molecule has 62 heavy (non-hydrogen) atoms. The normalized spacial score (nSPS) is 30.7. The van der Waals surface area contributed by atoms with Crippen LogP contribution in [0.4, 0.5) is 0 Å². The van der Waals surface area contributed by atoms with Gasteiger partial charge in [0.25, 0.3) is 0 Å². The van der Waals surface area contributed by atoms with E-state index in [-0.39, 0.29) is 0 Å². The van der Waals surface area contributed by atoms with Crippen molar-refractivity contribution in [2.45, 2.75) is 193 Å². The highest BCUT2D eigenvalue weighted by atomic mass is 15.2. The van der Waals surface area contributed by atoms with Gasteiger partial charge < -0.3 is 29.4 Å². The van der Waals surface area contributed by atoms with Crippen LogP contribution in [0.25, 0.3) is 0 Å². The van der Waals surface area contributed by atoms with Crippen molar-refractivity contribution < 1.29 is 0 Å². The van der Waals surface area contributed by atoms with Gasteiger partial charge >= 0.3 is 0 Å². The Bertz CT molecular complexity index is 1090. The van der Waals surface area contributed by atoms with Gasteiger partial charge in [-0.2, -0.15) is 0 Å². The lowest BCUT2D eigenvalue weighted by Gasteiger charge is -2.43. The maximum absolute atomic E-state index is 2.76. The molecule has 0 aromatic carbocycles. The molecule has 0 radical (unpaired) electrons. The molecule has 6 nitrogen and oxygen atoms in total. The maximum Gasteiger partial charge on any atom is 0.00644 e. The van der Waals surface area contributed by atoms with Crippen molar-refractivity contribution in [3.05, 3.63) is 0 Å². The van der Waals surface area contributed by atoms with Gasteiger partial charge in [0.2, 0.25) is 0 Å². The van der Waals surface area contributed by atoms with Crippen LogP contribution in [-0.4, -0.2) is 146 Å². The molecule has 6 fully saturated rings. The number of rotatable bonds is 14. The fraction of sp³-hybridized carbons (Fsp3) is 1.00. The number of likely N-dealkylation sites (tertiary alicyclic amines) is 6. The largest absolute Gasteiger partial charge is 0.303 e. The molecule has 6 rings (SSSR count). The molecule has 0 bridgehead atoms. The minimum atomic E-state index is 0.728. The zero-order valence-electron chi connectivity index (χ0n) is 45.0. The van der Waals surface area contributed by atoms with Gasteiger partial charge in [-0.25, -0.2) is 0 Å². The number of hydrogen-bond donors (Lipinski definition) is 0. The summed E-state index contributed by atoms with van der Waals surface area (Å²) in [6, 6.07) is 1.50. The van der Waals surface area contributed by atoms with Gasteiger partial charge in [0, 0.05) is 44.8 Å². The molecule has 0 saturated carbocycles. The molecule has 6 aliphatic rings. The van der Waals surface area contributed by atoms with Crippen LogP contribution in [0.15, 0.2) is 0 Å². The van der Waals surface area contributed by atoms with Crippen molar-refractivity contribution in [3.8, 4) is 0 Å². The lowest BCUT2D eigenvalue weighted by atomic mass is 9.83. The number of nitrogens with zero attached hydrogens (tertiary/aromatic N) is 6. The first-order valence-corrected chi connectivity index (χ1v) is 28.1. The summed E-state index contributed by atoms with van der Waals surface area (Å²) >= 11 is 0. The highest BCUT2D eigenvalue weighted by molar-refractivity contribution is 4.86. The van der Waals surface area contributed by atoms with E-state index in [1.165, 1.54) is 182 Å². The Morgan fingerprint density at radius 3 is 1.29 bits per heavy atom. The fourth-order valence-corrected chi connectivity index (χ4v) is 12.4. The van der Waals surface area contributed by atoms with E-state index in [0.717, 1.165) is 77.2 Å². The second kappa shape index (κ2) is 30.2. The lowest BCUT2D eigenvalue weighted by molar-refractivity contribution is 0.0588. The average molecular weight is 872 g/mol. The Balaban J connectivity index is 0.000000243. The molecule has 6 saturated heterocycles. The second-order valence-corrected chi connectivity index (χ2v) is 23.1. The zero-order chi connectivity index (χ0) is 45.8. The molecule has 6 aliphatic heterocycles. The summed E-state index contributed by atoms with van der Waals surface area (Å²) in [6.07, 6.45) is 17.0. The van der Waals surface area contributed by atoms with Crippen LogP contribution in [0.5, 0.6) is 0 Å². The van der Waals surface area contributed by atoms with Gasteiger partial charge in [-0.1, -0.05) is 89.5 Å². The third-order valence-electron chi connectivity index (χ3n) is 18.0. The smallest absolute Gasteiger partial charge is 0.00644 e. The van der Waals surface area contributed by atoms with E-state index >= 15 is 0 Å². The van der Waals surface area contributed by atoms with E-state index in [4.69, 9.17) is 0 Å². The minimum absolute atomic E-state index is 0.728. The molecule has 7 atom stereocenters. The Kier molecular flexibility index (Phi) is 27.3. The number of piperidine rings is 6. The minimum Gasteiger partial charge on any atom is -0.303 e. The average Bonchev–Trinajstić information content (AvgIpc) is 3.28. The van der Waals surface area contributed by atoms with Gasteiger partial charge in [0.05, 0.1) is 0 Å². The van der Waals surface area contributed by atoms with Crippen LogP contribution in [0.3, 0.4) is 0 Å². The third-order valence-corrected chi connectivity index (χ3v) is 18.0. The summed E-state index contributed by atoms with van der Waals surface area (Å²) in [4.78, 5) is 16.2. The highest BCUT2D eigenvalue weighted by Crippen LogP contribution is 2.32. The van der Waals surface area contributed by atoms with Crippen LogP contribution >= 0.6 is 0 Å². The van der Waals surface area contributed by atoms with Crippen LogP contribution in [-0.2, 0) is 0 Å². The monoisotopic (exact) mass is 871 g/mol. The fourth-order valence-electron chi connectivity index (χ4n) is 12.4. The zero-order valence-corrected chi connectivity index (χ0v) is 45.0. The second-order valence-electron chi connectivity index (χ2n) is 23.1. The van der Waals surface area contributed by atoms with Crippen molar-refractivity contribution >= 4 is 0 Å². The van der Waals surface area contributed by atoms with Gasteiger partial charge in [-0.15, -0.1) is 0 Å². The van der Waals surface area contributed by atoms with Crippen molar-refractivity contribution in [2.75, 3.05) is 105 Å². The topological polar surface area (TPSA) is 19.4 Å². The molecular formula is C56H114N6. The molecule has 0 N–H and O–H groups in total. The van der Waals surface area contributed by atoms with Gasteiger partial charge in [0.15, 0.2) is 0 Å². The maximum atomic E-state index is 2.76. The molecule has 6 heteroatoms. The van der Waals surface area contributed by atoms with Crippen molar-refractivity contribution in [1.29, 1.82) is 0 Å². The van der Waals surface area contributed by atoms with E-state index in [1.807, 2.05) is 13.8 Å². The molecule has 0 aromatic rings. The first-order valence-electron chi connectivity index (χ1n) is 28.1. The quantitative estimate of drug-likeness (QED) is 0.172. The predicted molar refractivity (Wildman–Crippen MR) is 275 cm³/mol. The first-order chi connectivity index (χ1) is 29.7. The Hall–Kier alpha value is -0.240.